The van der Waals surface area contributed by atoms with E-state index in [0.29, 0.717) is 5.56 Å². The molecule has 0 spiro atoms. The Morgan fingerprint density at radius 2 is 1.43 bits per heavy atom. The first-order valence-corrected chi connectivity index (χ1v) is 8.80. The molecule has 0 bridgehead atoms. The van der Waals surface area contributed by atoms with Crippen LogP contribution in [0.4, 0.5) is 0 Å². The van der Waals surface area contributed by atoms with E-state index in [1.54, 1.807) is 12.1 Å². The predicted octanol–water partition coefficient (Wildman–Crippen LogP) is 1.17. The Morgan fingerprint density at radius 1 is 0.964 bits per heavy atom. The monoisotopic (exact) mass is 392 g/mol. The third kappa shape index (κ3) is 5.55. The largest absolute Gasteiger partial charge is 0.468 e. The molecule has 0 fully saturated rings. The van der Waals surface area contributed by atoms with Gasteiger partial charge in [0.25, 0.3) is 5.91 Å². The zero-order valence-electron chi connectivity index (χ0n) is 17.1. The number of nitrogens with one attached hydrogen (secondary N) is 1. The van der Waals surface area contributed by atoms with Crippen molar-refractivity contribution in [1.82, 2.24) is 5.32 Å². The van der Waals surface area contributed by atoms with Gasteiger partial charge in [-0.1, -0.05) is 39.8 Å². The minimum absolute atomic E-state index is 0.0759. The van der Waals surface area contributed by atoms with Crippen LogP contribution < -0.4 is 11.1 Å². The van der Waals surface area contributed by atoms with Gasteiger partial charge in [0.05, 0.1) is 14.2 Å². The number of hydrogen-bond acceptors (Lipinski definition) is 6. The first kappa shape index (κ1) is 23.1. The maximum absolute atomic E-state index is 12.6. The molecule has 0 radical (unpaired) electrons. The van der Waals surface area contributed by atoms with Gasteiger partial charge in [-0.15, -0.1) is 0 Å². The molecule has 1 aromatic carbocycles. The van der Waals surface area contributed by atoms with Crippen molar-refractivity contribution in [2.75, 3.05) is 14.2 Å². The normalized spacial score (nSPS) is 13.4. The summed E-state index contributed by atoms with van der Waals surface area (Å²) in [6, 6.07) is 5.64. The fourth-order valence-corrected chi connectivity index (χ4v) is 2.78. The van der Waals surface area contributed by atoms with Crippen molar-refractivity contribution in [3.63, 3.8) is 0 Å². The first-order valence-electron chi connectivity index (χ1n) is 8.80. The summed E-state index contributed by atoms with van der Waals surface area (Å²) in [5.74, 6) is -5.58. The van der Waals surface area contributed by atoms with Crippen LogP contribution in [-0.2, 0) is 29.3 Å². The lowest BCUT2D eigenvalue weighted by molar-refractivity contribution is -0.161. The molecular weight excluding hydrogens is 364 g/mol. The van der Waals surface area contributed by atoms with Gasteiger partial charge >= 0.3 is 11.9 Å². The van der Waals surface area contributed by atoms with Crippen LogP contribution in [0.1, 0.15) is 43.6 Å². The average Bonchev–Trinajstić information content (AvgIpc) is 2.64. The molecule has 0 aromatic heterocycles. The fraction of sp³-hybridized carbons (Fsp3) is 0.500. The van der Waals surface area contributed by atoms with Crippen LogP contribution in [0, 0.1) is 11.8 Å². The third-order valence-corrected chi connectivity index (χ3v) is 4.57. The third-order valence-electron chi connectivity index (χ3n) is 4.57. The van der Waals surface area contributed by atoms with E-state index in [2.05, 4.69) is 14.8 Å². The molecule has 0 heterocycles. The summed E-state index contributed by atoms with van der Waals surface area (Å²) in [5.41, 5.74) is 6.69. The summed E-state index contributed by atoms with van der Waals surface area (Å²) in [5, 5.41) is 2.50. The molecular formula is C20H28N2O6. The van der Waals surface area contributed by atoms with E-state index in [4.69, 9.17) is 5.73 Å². The van der Waals surface area contributed by atoms with Crippen LogP contribution in [0.2, 0.25) is 0 Å². The van der Waals surface area contributed by atoms with Crippen molar-refractivity contribution in [2.45, 2.75) is 39.2 Å². The van der Waals surface area contributed by atoms with Gasteiger partial charge in [-0.25, -0.2) is 0 Å². The van der Waals surface area contributed by atoms with Crippen molar-refractivity contribution in [1.29, 1.82) is 0 Å². The van der Waals surface area contributed by atoms with Gasteiger partial charge in [-0.3, -0.25) is 19.2 Å². The summed E-state index contributed by atoms with van der Waals surface area (Å²) >= 11 is 0. The second-order valence-electron chi connectivity index (χ2n) is 7.56. The summed E-state index contributed by atoms with van der Waals surface area (Å²) < 4.78 is 9.23. The molecule has 0 unspecified atom stereocenters. The molecule has 0 aliphatic carbocycles. The average molecular weight is 392 g/mol. The minimum Gasteiger partial charge on any atom is -0.468 e. The molecule has 0 aliphatic rings. The van der Waals surface area contributed by atoms with E-state index < -0.39 is 41.6 Å². The van der Waals surface area contributed by atoms with Gasteiger partial charge < -0.3 is 20.5 Å². The summed E-state index contributed by atoms with van der Waals surface area (Å²) in [6.07, 6.45) is 0. The lowest BCUT2D eigenvalue weighted by Crippen LogP contribution is -2.52. The topological polar surface area (TPSA) is 125 Å². The highest BCUT2D eigenvalue weighted by molar-refractivity contribution is 5.99. The molecule has 154 valence electrons. The van der Waals surface area contributed by atoms with Gasteiger partial charge in [0, 0.05) is 11.5 Å². The predicted molar refractivity (Wildman–Crippen MR) is 102 cm³/mol. The van der Waals surface area contributed by atoms with Crippen LogP contribution in [0.5, 0.6) is 0 Å². The molecule has 8 heteroatoms. The number of nitrogens with two attached hydrogens (primary N) is 1. The number of ether oxygens (including phenoxy) is 2. The Kier molecular flexibility index (Phi) is 7.72. The van der Waals surface area contributed by atoms with Gasteiger partial charge in [-0.2, -0.15) is 0 Å². The van der Waals surface area contributed by atoms with E-state index in [1.165, 1.54) is 6.92 Å². The molecule has 0 aliphatic heterocycles. The van der Waals surface area contributed by atoms with E-state index in [0.717, 1.165) is 19.8 Å². The quantitative estimate of drug-likeness (QED) is 0.530. The molecule has 2 amide bonds. The van der Waals surface area contributed by atoms with Crippen molar-refractivity contribution < 1.29 is 28.7 Å². The van der Waals surface area contributed by atoms with Crippen LogP contribution in [0.15, 0.2) is 24.3 Å². The molecule has 1 rings (SSSR count). The van der Waals surface area contributed by atoms with Crippen molar-refractivity contribution in [3.8, 4) is 0 Å². The summed E-state index contributed by atoms with van der Waals surface area (Å²) in [6.45, 7) is 7.59. The van der Waals surface area contributed by atoms with Gasteiger partial charge in [0.2, 0.25) is 5.91 Å². The zero-order valence-corrected chi connectivity index (χ0v) is 17.1. The molecule has 1 aromatic rings. The van der Waals surface area contributed by atoms with Crippen molar-refractivity contribution in [3.05, 3.63) is 35.4 Å². The van der Waals surface area contributed by atoms with Crippen LogP contribution in [0.25, 0.3) is 0 Å². The minimum atomic E-state index is -1.41. The number of primary amides is 1. The standard InChI is InChI=1S/C20H28N2O6/c1-11(14(18(25)27-5)19(26)28-6)15(16(21)23)22-17(24)12-7-9-13(10-8-12)20(2,3)4/h7-11,14-15H,1-6H3,(H2,21,23)(H,22,24)/t11-,15+/m0/s1. The van der Waals surface area contributed by atoms with E-state index >= 15 is 0 Å². The van der Waals surface area contributed by atoms with Gasteiger partial charge in [-0.05, 0) is 23.1 Å². The highest BCUT2D eigenvalue weighted by Crippen LogP contribution is 2.23. The highest BCUT2D eigenvalue weighted by atomic mass is 16.5. The first-order chi connectivity index (χ1) is 12.9. The number of amides is 2. The van der Waals surface area contributed by atoms with Gasteiger partial charge in [0.15, 0.2) is 5.92 Å². The van der Waals surface area contributed by atoms with Crippen molar-refractivity contribution >= 4 is 23.8 Å². The van der Waals surface area contributed by atoms with Crippen molar-refractivity contribution in [2.24, 2.45) is 17.6 Å². The lowest BCUT2D eigenvalue weighted by atomic mass is 9.86. The molecule has 0 saturated carbocycles. The SMILES string of the molecule is COC(=O)C(C(=O)OC)[C@H](C)[C@@H](NC(=O)c1ccc(C(C)(C)C)cc1)C(N)=O. The Balaban J connectivity index is 3.08. The Labute approximate surface area is 164 Å². The number of carbonyl (C=O) groups excluding carboxylic acids is 4. The maximum atomic E-state index is 12.6. The molecule has 2 atom stereocenters. The van der Waals surface area contributed by atoms with E-state index in [1.807, 2.05) is 32.9 Å². The second kappa shape index (κ2) is 9.34. The van der Waals surface area contributed by atoms with Gasteiger partial charge in [0.1, 0.15) is 6.04 Å². The fourth-order valence-electron chi connectivity index (χ4n) is 2.78. The molecule has 28 heavy (non-hydrogen) atoms. The highest BCUT2D eigenvalue weighted by Gasteiger charge is 2.41. The number of hydrogen-bond donors (Lipinski definition) is 2. The van der Waals surface area contributed by atoms with E-state index in [-0.39, 0.29) is 5.41 Å². The Bertz CT molecular complexity index is 720. The summed E-state index contributed by atoms with van der Waals surface area (Å²) in [7, 11) is 2.22. The number of carbonyl (C=O) groups is 4. The Hall–Kier alpha value is -2.90. The van der Waals surface area contributed by atoms with Crippen LogP contribution in [-0.4, -0.2) is 44.0 Å². The van der Waals surface area contributed by atoms with Crippen LogP contribution in [0.3, 0.4) is 0 Å². The Morgan fingerprint density at radius 3 is 1.79 bits per heavy atom. The summed E-state index contributed by atoms with van der Waals surface area (Å²) in [4.78, 5) is 48.5. The number of esters is 2. The van der Waals surface area contributed by atoms with E-state index in [9.17, 15) is 19.2 Å². The molecule has 0 saturated heterocycles. The zero-order chi connectivity index (χ0) is 21.6. The number of rotatable bonds is 7. The lowest BCUT2D eigenvalue weighted by Gasteiger charge is -2.26. The molecule has 8 nitrogen and oxygen atoms in total. The van der Waals surface area contributed by atoms with Crippen LogP contribution >= 0.6 is 0 Å². The molecule has 3 N–H and O–H groups in total. The smallest absolute Gasteiger partial charge is 0.320 e. The maximum Gasteiger partial charge on any atom is 0.320 e. The number of benzene rings is 1. The second-order valence-corrected chi connectivity index (χ2v) is 7.56. The number of methoxy groups -OCH3 is 2.